The Hall–Kier alpha value is -2.19. The highest BCUT2D eigenvalue weighted by Gasteiger charge is 2.23. The van der Waals surface area contributed by atoms with E-state index in [-0.39, 0.29) is 18.0 Å². The average Bonchev–Trinajstić information content (AvgIpc) is 2.99. The number of fused-ring (bicyclic) bond motifs is 1. The summed E-state index contributed by atoms with van der Waals surface area (Å²) < 4.78 is 28.1. The fourth-order valence-electron chi connectivity index (χ4n) is 2.99. The van der Waals surface area contributed by atoms with Crippen LogP contribution in [0.1, 0.15) is 10.4 Å². The maximum Gasteiger partial charge on any atom is 0.242 e. The van der Waals surface area contributed by atoms with Crippen molar-refractivity contribution in [2.75, 3.05) is 13.6 Å². The second kappa shape index (κ2) is 7.82. The second-order valence-corrected chi connectivity index (χ2v) is 8.75. The molecule has 3 aromatic rings. The van der Waals surface area contributed by atoms with Crippen molar-refractivity contribution in [1.29, 1.82) is 0 Å². The van der Waals surface area contributed by atoms with E-state index >= 15 is 0 Å². The quantitative estimate of drug-likeness (QED) is 0.612. The Balaban J connectivity index is 1.77. The number of aliphatic hydroxyl groups excluding tert-OH is 1. The summed E-state index contributed by atoms with van der Waals surface area (Å²) in [4.78, 5) is 11.3. The summed E-state index contributed by atoms with van der Waals surface area (Å²) in [7, 11) is -2.32. The number of halogens is 1. The molecule has 0 saturated heterocycles. The van der Waals surface area contributed by atoms with Crippen LogP contribution in [0.2, 0.25) is 5.02 Å². The summed E-state index contributed by atoms with van der Waals surface area (Å²) in [5, 5.41) is 11.7. The van der Waals surface area contributed by atoms with Gasteiger partial charge in [-0.3, -0.25) is 4.79 Å². The summed E-state index contributed by atoms with van der Waals surface area (Å²) in [5.41, 5.74) is 1.34. The van der Waals surface area contributed by atoms with Gasteiger partial charge in [-0.15, -0.1) is 0 Å². The Morgan fingerprint density at radius 1 is 1.19 bits per heavy atom. The molecule has 0 spiro atoms. The van der Waals surface area contributed by atoms with Gasteiger partial charge >= 0.3 is 0 Å². The Labute approximate surface area is 162 Å². The van der Waals surface area contributed by atoms with E-state index in [1.807, 2.05) is 24.3 Å². The second-order valence-electron chi connectivity index (χ2n) is 6.27. The molecule has 1 atom stereocenters. The van der Waals surface area contributed by atoms with Crippen molar-refractivity contribution in [2.24, 2.45) is 0 Å². The molecule has 0 amide bonds. The number of nitrogens with zero attached hydrogens (tertiary/aromatic N) is 2. The number of para-hydroxylation sites is 1. The molecular weight excluding hydrogens is 388 g/mol. The van der Waals surface area contributed by atoms with E-state index in [1.54, 1.807) is 10.8 Å². The SMILES string of the molecule is CN(CC(O)Cn1cc(C=O)c2ccccc21)S(=O)(=O)c1ccc(Cl)cc1. The minimum absolute atomic E-state index is 0.0894. The van der Waals surface area contributed by atoms with E-state index < -0.39 is 16.1 Å². The average molecular weight is 407 g/mol. The van der Waals surface area contributed by atoms with Crippen LogP contribution in [-0.2, 0) is 16.6 Å². The molecule has 0 saturated carbocycles. The van der Waals surface area contributed by atoms with Gasteiger partial charge < -0.3 is 9.67 Å². The number of carbonyl (C=O) groups excluding carboxylic acids is 1. The molecule has 2 aromatic carbocycles. The van der Waals surface area contributed by atoms with Gasteiger partial charge in [-0.05, 0) is 30.3 Å². The molecule has 3 rings (SSSR count). The first-order chi connectivity index (χ1) is 12.8. The number of sulfonamides is 1. The van der Waals surface area contributed by atoms with Crippen LogP contribution in [0.3, 0.4) is 0 Å². The molecule has 1 N–H and O–H groups in total. The van der Waals surface area contributed by atoms with Gasteiger partial charge in [0.15, 0.2) is 6.29 Å². The molecule has 0 aliphatic rings. The highest BCUT2D eigenvalue weighted by atomic mass is 35.5. The lowest BCUT2D eigenvalue weighted by Gasteiger charge is -2.21. The van der Waals surface area contributed by atoms with Crippen LogP contribution in [0.25, 0.3) is 10.9 Å². The van der Waals surface area contributed by atoms with E-state index in [0.717, 1.165) is 21.5 Å². The van der Waals surface area contributed by atoms with Gasteiger partial charge in [-0.25, -0.2) is 8.42 Å². The first-order valence-corrected chi connectivity index (χ1v) is 10.1. The number of hydrogen-bond acceptors (Lipinski definition) is 4. The minimum Gasteiger partial charge on any atom is -0.390 e. The first kappa shape index (κ1) is 19.6. The number of aldehydes is 1. The number of aliphatic hydroxyl groups is 1. The van der Waals surface area contributed by atoms with Crippen LogP contribution in [0.5, 0.6) is 0 Å². The molecule has 27 heavy (non-hydrogen) atoms. The zero-order chi connectivity index (χ0) is 19.6. The first-order valence-electron chi connectivity index (χ1n) is 8.26. The van der Waals surface area contributed by atoms with Crippen molar-refractivity contribution in [2.45, 2.75) is 17.5 Å². The van der Waals surface area contributed by atoms with E-state index in [9.17, 15) is 18.3 Å². The Bertz CT molecular complexity index is 1060. The third-order valence-electron chi connectivity index (χ3n) is 4.34. The zero-order valence-electron chi connectivity index (χ0n) is 14.6. The van der Waals surface area contributed by atoms with Gasteiger partial charge in [-0.1, -0.05) is 29.8 Å². The molecule has 8 heteroatoms. The highest BCUT2D eigenvalue weighted by molar-refractivity contribution is 7.89. The maximum absolute atomic E-state index is 12.6. The van der Waals surface area contributed by atoms with Crippen molar-refractivity contribution in [3.63, 3.8) is 0 Å². The van der Waals surface area contributed by atoms with Gasteiger partial charge in [0, 0.05) is 47.8 Å². The van der Waals surface area contributed by atoms with Crippen molar-refractivity contribution in [3.8, 4) is 0 Å². The minimum atomic E-state index is -3.74. The number of benzene rings is 2. The van der Waals surface area contributed by atoms with Gasteiger partial charge in [0.05, 0.1) is 11.0 Å². The van der Waals surface area contributed by atoms with Gasteiger partial charge in [0.2, 0.25) is 10.0 Å². The normalized spacial score (nSPS) is 13.2. The number of aromatic nitrogens is 1. The molecule has 1 heterocycles. The molecule has 0 bridgehead atoms. The summed E-state index contributed by atoms with van der Waals surface area (Å²) in [6, 6.07) is 13.2. The molecular formula is C19H19ClN2O4S. The molecule has 0 aliphatic carbocycles. The third-order valence-corrected chi connectivity index (χ3v) is 6.43. The number of rotatable bonds is 7. The van der Waals surface area contributed by atoms with E-state index in [4.69, 9.17) is 11.6 Å². The fourth-order valence-corrected chi connectivity index (χ4v) is 4.32. The van der Waals surface area contributed by atoms with Gasteiger partial charge in [0.1, 0.15) is 0 Å². The van der Waals surface area contributed by atoms with Crippen LogP contribution in [0.4, 0.5) is 0 Å². The molecule has 0 aliphatic heterocycles. The largest absolute Gasteiger partial charge is 0.390 e. The van der Waals surface area contributed by atoms with Crippen LogP contribution in [0.15, 0.2) is 59.6 Å². The van der Waals surface area contributed by atoms with Gasteiger partial charge in [-0.2, -0.15) is 4.31 Å². The lowest BCUT2D eigenvalue weighted by molar-refractivity contribution is 0.112. The number of likely N-dealkylation sites (N-methyl/N-ethyl adjacent to an activating group) is 1. The molecule has 1 aromatic heterocycles. The van der Waals surface area contributed by atoms with E-state index in [0.29, 0.717) is 10.6 Å². The lowest BCUT2D eigenvalue weighted by Crippen LogP contribution is -2.36. The van der Waals surface area contributed by atoms with Crippen LogP contribution < -0.4 is 0 Å². The monoisotopic (exact) mass is 406 g/mol. The summed E-state index contributed by atoms with van der Waals surface area (Å²) >= 11 is 5.80. The lowest BCUT2D eigenvalue weighted by atomic mass is 10.2. The zero-order valence-corrected chi connectivity index (χ0v) is 16.2. The number of hydrogen-bond donors (Lipinski definition) is 1. The summed E-state index contributed by atoms with van der Waals surface area (Å²) in [6.45, 7) is 0.0721. The Kier molecular flexibility index (Phi) is 5.67. The third kappa shape index (κ3) is 4.06. The molecule has 1 unspecified atom stereocenters. The standard InChI is InChI=1S/C19H19ClN2O4S/c1-21(27(25,26)17-8-6-15(20)7-9-17)11-16(24)12-22-10-14(13-23)18-4-2-3-5-19(18)22/h2-10,13,16,24H,11-12H2,1H3. The predicted molar refractivity (Wildman–Crippen MR) is 105 cm³/mol. The van der Waals surface area contributed by atoms with E-state index in [2.05, 4.69) is 0 Å². The smallest absolute Gasteiger partial charge is 0.242 e. The van der Waals surface area contributed by atoms with Crippen LogP contribution >= 0.6 is 11.6 Å². The Morgan fingerprint density at radius 2 is 1.85 bits per heavy atom. The summed E-state index contributed by atoms with van der Waals surface area (Å²) in [5.74, 6) is 0. The summed E-state index contributed by atoms with van der Waals surface area (Å²) in [6.07, 6.45) is 1.48. The van der Waals surface area contributed by atoms with Crippen molar-refractivity contribution in [3.05, 3.63) is 65.3 Å². The fraction of sp³-hybridized carbons (Fsp3) is 0.211. The molecule has 0 fully saturated rings. The Morgan fingerprint density at radius 3 is 2.52 bits per heavy atom. The molecule has 6 nitrogen and oxygen atoms in total. The maximum atomic E-state index is 12.6. The highest BCUT2D eigenvalue weighted by Crippen LogP contribution is 2.21. The van der Waals surface area contributed by atoms with Crippen molar-refractivity contribution < 1.29 is 18.3 Å². The predicted octanol–water partition coefficient (Wildman–Crippen LogP) is 2.79. The molecule has 142 valence electrons. The van der Waals surface area contributed by atoms with E-state index in [1.165, 1.54) is 31.3 Å². The van der Waals surface area contributed by atoms with Gasteiger partial charge in [0.25, 0.3) is 0 Å². The van der Waals surface area contributed by atoms with Crippen molar-refractivity contribution >= 4 is 38.8 Å². The van der Waals surface area contributed by atoms with Crippen LogP contribution in [0, 0.1) is 0 Å². The van der Waals surface area contributed by atoms with Crippen molar-refractivity contribution in [1.82, 2.24) is 8.87 Å². The number of carbonyl (C=O) groups is 1. The topological polar surface area (TPSA) is 79.6 Å². The molecule has 0 radical (unpaired) electrons. The van der Waals surface area contributed by atoms with Crippen LogP contribution in [-0.4, -0.2) is 48.4 Å².